The molecule has 0 radical (unpaired) electrons. The van der Waals surface area contributed by atoms with Crippen LogP contribution in [0.15, 0.2) is 0 Å². The normalized spacial score (nSPS) is 11.2. The van der Waals surface area contributed by atoms with Crippen molar-refractivity contribution in [2.24, 2.45) is 0 Å². The van der Waals surface area contributed by atoms with Crippen molar-refractivity contribution in [3.8, 4) is 0 Å². The molecule has 0 bridgehead atoms. The SMILES string of the molecule is CCCCCCCCCCCCCC(=O)N(CC)N(CC)CC. The Hall–Kier alpha value is -0.570. The van der Waals surface area contributed by atoms with Gasteiger partial charge in [0.05, 0.1) is 0 Å². The molecule has 1 amide bonds. The molecule has 0 aliphatic carbocycles. The van der Waals surface area contributed by atoms with E-state index in [1.165, 1.54) is 64.2 Å². The van der Waals surface area contributed by atoms with Crippen LogP contribution < -0.4 is 0 Å². The summed E-state index contributed by atoms with van der Waals surface area (Å²) in [5.41, 5.74) is 0. The fraction of sp³-hybridized carbons (Fsp3) is 0.950. The van der Waals surface area contributed by atoms with Gasteiger partial charge in [0.15, 0.2) is 0 Å². The first-order valence-electron chi connectivity index (χ1n) is 10.3. The predicted molar refractivity (Wildman–Crippen MR) is 101 cm³/mol. The van der Waals surface area contributed by atoms with E-state index in [1.807, 2.05) is 5.01 Å². The Kier molecular flexibility index (Phi) is 15.9. The standard InChI is InChI=1S/C20H42N2O/c1-5-9-10-11-12-13-14-15-16-17-18-19-20(23)22(8-4)21(6-2)7-3/h5-19H2,1-4H3. The zero-order valence-corrected chi connectivity index (χ0v) is 16.4. The summed E-state index contributed by atoms with van der Waals surface area (Å²) in [6, 6.07) is 0. The van der Waals surface area contributed by atoms with Crippen molar-refractivity contribution in [1.29, 1.82) is 0 Å². The molecule has 0 aromatic rings. The maximum absolute atomic E-state index is 12.3. The van der Waals surface area contributed by atoms with Gasteiger partial charge < -0.3 is 0 Å². The third kappa shape index (κ3) is 11.6. The van der Waals surface area contributed by atoms with Crippen molar-refractivity contribution < 1.29 is 4.79 Å². The van der Waals surface area contributed by atoms with Gasteiger partial charge in [-0.2, -0.15) is 0 Å². The van der Waals surface area contributed by atoms with Crippen molar-refractivity contribution in [1.82, 2.24) is 10.0 Å². The van der Waals surface area contributed by atoms with Crippen LogP contribution in [-0.4, -0.2) is 35.6 Å². The number of carbonyl (C=O) groups excluding carboxylic acids is 1. The minimum absolute atomic E-state index is 0.298. The topological polar surface area (TPSA) is 23.6 Å². The molecule has 0 spiro atoms. The van der Waals surface area contributed by atoms with Crippen molar-refractivity contribution in [2.75, 3.05) is 19.6 Å². The molecule has 23 heavy (non-hydrogen) atoms. The molecule has 0 saturated heterocycles. The van der Waals surface area contributed by atoms with Gasteiger partial charge in [-0.3, -0.25) is 9.80 Å². The van der Waals surface area contributed by atoms with Crippen LogP contribution in [0.1, 0.15) is 105 Å². The maximum atomic E-state index is 12.3. The lowest BCUT2D eigenvalue weighted by molar-refractivity contribution is -0.148. The molecule has 0 N–H and O–H groups in total. The largest absolute Gasteiger partial charge is 0.276 e. The van der Waals surface area contributed by atoms with Crippen LogP contribution in [0.3, 0.4) is 0 Å². The Morgan fingerprint density at radius 2 is 1.04 bits per heavy atom. The minimum atomic E-state index is 0.298. The van der Waals surface area contributed by atoms with Crippen LogP contribution in [0, 0.1) is 0 Å². The van der Waals surface area contributed by atoms with Gasteiger partial charge in [-0.15, -0.1) is 0 Å². The number of nitrogens with zero attached hydrogens (tertiary/aromatic N) is 2. The van der Waals surface area contributed by atoms with E-state index in [0.29, 0.717) is 12.3 Å². The maximum Gasteiger partial charge on any atom is 0.236 e. The summed E-state index contributed by atoms with van der Waals surface area (Å²) in [6.07, 6.45) is 15.3. The van der Waals surface area contributed by atoms with E-state index in [2.05, 4.69) is 32.7 Å². The van der Waals surface area contributed by atoms with Crippen LogP contribution in [-0.2, 0) is 4.79 Å². The summed E-state index contributed by atoms with van der Waals surface area (Å²) < 4.78 is 0. The first-order chi connectivity index (χ1) is 11.2. The number of hydrogen-bond acceptors (Lipinski definition) is 2. The van der Waals surface area contributed by atoms with Crippen LogP contribution in [0.5, 0.6) is 0 Å². The van der Waals surface area contributed by atoms with Crippen LogP contribution >= 0.6 is 0 Å². The van der Waals surface area contributed by atoms with E-state index in [-0.39, 0.29) is 0 Å². The van der Waals surface area contributed by atoms with Gasteiger partial charge in [0.1, 0.15) is 0 Å². The molecule has 138 valence electrons. The Morgan fingerprint density at radius 1 is 0.609 bits per heavy atom. The molecule has 0 fully saturated rings. The zero-order chi connectivity index (χ0) is 17.3. The van der Waals surface area contributed by atoms with E-state index in [4.69, 9.17) is 0 Å². The Labute approximate surface area is 145 Å². The van der Waals surface area contributed by atoms with Crippen molar-refractivity contribution >= 4 is 5.91 Å². The molecule has 0 aromatic carbocycles. The van der Waals surface area contributed by atoms with Gasteiger partial charge >= 0.3 is 0 Å². The molecule has 3 nitrogen and oxygen atoms in total. The van der Waals surface area contributed by atoms with Gasteiger partial charge in [-0.1, -0.05) is 85.0 Å². The molecule has 0 aliphatic heterocycles. The molecule has 3 heteroatoms. The first kappa shape index (κ1) is 22.4. The molecule has 0 aliphatic rings. The molecular formula is C20H42N2O. The van der Waals surface area contributed by atoms with Gasteiger partial charge in [0.2, 0.25) is 5.91 Å². The van der Waals surface area contributed by atoms with Gasteiger partial charge in [0, 0.05) is 26.1 Å². The van der Waals surface area contributed by atoms with Crippen LogP contribution in [0.4, 0.5) is 0 Å². The highest BCUT2D eigenvalue weighted by Crippen LogP contribution is 2.12. The highest BCUT2D eigenvalue weighted by Gasteiger charge is 2.16. The Bertz CT molecular complexity index is 264. The van der Waals surface area contributed by atoms with Crippen LogP contribution in [0.2, 0.25) is 0 Å². The first-order valence-corrected chi connectivity index (χ1v) is 10.3. The lowest BCUT2D eigenvalue weighted by Crippen LogP contribution is -2.46. The van der Waals surface area contributed by atoms with E-state index >= 15 is 0 Å². The minimum Gasteiger partial charge on any atom is -0.276 e. The summed E-state index contributed by atoms with van der Waals surface area (Å²) >= 11 is 0. The van der Waals surface area contributed by atoms with Gasteiger partial charge in [-0.05, 0) is 13.3 Å². The number of hydrazine groups is 1. The summed E-state index contributed by atoms with van der Waals surface area (Å²) in [5, 5.41) is 4.07. The molecular weight excluding hydrogens is 284 g/mol. The van der Waals surface area contributed by atoms with Gasteiger partial charge in [-0.25, -0.2) is 5.01 Å². The van der Waals surface area contributed by atoms with Crippen LogP contribution in [0.25, 0.3) is 0 Å². The van der Waals surface area contributed by atoms with Crippen molar-refractivity contribution in [2.45, 2.75) is 105 Å². The van der Waals surface area contributed by atoms with Crippen molar-refractivity contribution in [3.63, 3.8) is 0 Å². The molecule has 0 rings (SSSR count). The molecule has 0 unspecified atom stereocenters. The monoisotopic (exact) mass is 326 g/mol. The summed E-state index contributed by atoms with van der Waals surface area (Å²) in [5.74, 6) is 0.298. The summed E-state index contributed by atoms with van der Waals surface area (Å²) in [7, 11) is 0. The van der Waals surface area contributed by atoms with E-state index in [9.17, 15) is 4.79 Å². The third-order valence-electron chi connectivity index (χ3n) is 4.65. The summed E-state index contributed by atoms with van der Waals surface area (Å²) in [6.45, 7) is 11.2. The third-order valence-corrected chi connectivity index (χ3v) is 4.65. The van der Waals surface area contributed by atoms with Gasteiger partial charge in [0.25, 0.3) is 0 Å². The zero-order valence-electron chi connectivity index (χ0n) is 16.4. The average molecular weight is 327 g/mol. The highest BCUT2D eigenvalue weighted by atomic mass is 16.2. The predicted octanol–water partition coefficient (Wildman–Crippen LogP) is 5.79. The number of unbranched alkanes of at least 4 members (excludes halogenated alkanes) is 10. The molecule has 0 aromatic heterocycles. The Morgan fingerprint density at radius 3 is 1.43 bits per heavy atom. The van der Waals surface area contributed by atoms with E-state index in [0.717, 1.165) is 26.1 Å². The van der Waals surface area contributed by atoms with Crippen molar-refractivity contribution in [3.05, 3.63) is 0 Å². The molecule has 0 saturated carbocycles. The fourth-order valence-electron chi connectivity index (χ4n) is 3.17. The fourth-order valence-corrected chi connectivity index (χ4v) is 3.17. The van der Waals surface area contributed by atoms with E-state index < -0.39 is 0 Å². The number of hydrogen-bond donors (Lipinski definition) is 0. The van der Waals surface area contributed by atoms with E-state index in [1.54, 1.807) is 0 Å². The number of rotatable bonds is 16. The molecule has 0 heterocycles. The second-order valence-corrected chi connectivity index (χ2v) is 6.53. The summed E-state index contributed by atoms with van der Waals surface area (Å²) in [4.78, 5) is 12.3. The average Bonchev–Trinajstić information content (AvgIpc) is 2.57. The second-order valence-electron chi connectivity index (χ2n) is 6.53. The Balaban J connectivity index is 3.54. The number of amides is 1. The lowest BCUT2D eigenvalue weighted by Gasteiger charge is -2.32. The highest BCUT2D eigenvalue weighted by molar-refractivity contribution is 5.75. The second kappa shape index (κ2) is 16.3. The smallest absolute Gasteiger partial charge is 0.236 e. The lowest BCUT2D eigenvalue weighted by atomic mass is 10.1. The molecule has 0 atom stereocenters. The quantitative estimate of drug-likeness (QED) is 0.264. The number of carbonyl (C=O) groups is 1.